The first kappa shape index (κ1) is 24.3. The number of ether oxygens (including phenoxy) is 1. The zero-order valence-electron chi connectivity index (χ0n) is 16.8. The average molecular weight is 405 g/mol. The van der Waals surface area contributed by atoms with Crippen molar-refractivity contribution >= 4 is 19.8 Å². The lowest BCUT2D eigenvalue weighted by molar-refractivity contribution is 0.0543. The molecule has 0 aromatic rings. The van der Waals surface area contributed by atoms with Crippen LogP contribution in [-0.4, -0.2) is 51.8 Å². The molecule has 4 nitrogen and oxygen atoms in total. The predicted molar refractivity (Wildman–Crippen MR) is 115 cm³/mol. The number of fused-ring (bicyclic) bond motifs is 1. The fourth-order valence-corrected chi connectivity index (χ4v) is 6.40. The quantitative estimate of drug-likeness (QED) is 0.236. The van der Waals surface area contributed by atoms with E-state index in [1.165, 1.54) is 25.7 Å². The Labute approximate surface area is 167 Å². The van der Waals surface area contributed by atoms with Gasteiger partial charge in [0.2, 0.25) is 0 Å². The minimum atomic E-state index is -2.54. The zero-order valence-corrected chi connectivity index (χ0v) is 17.8. The molecule has 0 radical (unpaired) electrons. The van der Waals surface area contributed by atoms with Crippen LogP contribution in [0.25, 0.3) is 0 Å². The Morgan fingerprint density at radius 1 is 0.808 bits per heavy atom. The Hall–Kier alpha value is 0.274. The van der Waals surface area contributed by atoms with Crippen LogP contribution in [-0.2, 0) is 18.0 Å². The zero-order chi connectivity index (χ0) is 18.0. The van der Waals surface area contributed by atoms with Crippen molar-refractivity contribution in [1.82, 2.24) is 0 Å². The molecule has 1 aliphatic heterocycles. The van der Waals surface area contributed by atoms with Crippen LogP contribution >= 0.6 is 0 Å². The Balaban J connectivity index is 0.00000338. The van der Waals surface area contributed by atoms with Crippen LogP contribution in [0.3, 0.4) is 0 Å². The first-order valence-electron chi connectivity index (χ1n) is 10.8. The Morgan fingerprint density at radius 2 is 1.35 bits per heavy atom. The van der Waals surface area contributed by atoms with Crippen molar-refractivity contribution in [3.05, 3.63) is 0 Å². The highest BCUT2D eigenvalue weighted by Crippen LogP contribution is 2.41. The summed E-state index contributed by atoms with van der Waals surface area (Å²) in [6.07, 6.45) is 12.8. The second-order valence-electron chi connectivity index (χ2n) is 7.72. The van der Waals surface area contributed by atoms with E-state index in [0.29, 0.717) is 12.2 Å². The van der Waals surface area contributed by atoms with Crippen molar-refractivity contribution in [2.45, 2.75) is 103 Å². The molecule has 3 atom stereocenters. The van der Waals surface area contributed by atoms with Crippen LogP contribution in [0.1, 0.15) is 85.0 Å². The maximum Gasteiger partial charge on any atom is 0.500 e. The Morgan fingerprint density at radius 3 is 1.81 bits per heavy atom. The molecule has 1 aliphatic carbocycles. The fraction of sp³-hybridized carbons (Fsp3) is 1.00. The van der Waals surface area contributed by atoms with Crippen LogP contribution in [0, 0.1) is 5.92 Å². The first-order chi connectivity index (χ1) is 12.2. The topological polar surface area (TPSA) is 40.2 Å². The summed E-state index contributed by atoms with van der Waals surface area (Å²) in [7, 11) is -2.54. The molecule has 3 unspecified atom stereocenters. The van der Waals surface area contributed by atoms with Crippen molar-refractivity contribution in [2.24, 2.45) is 5.92 Å². The molecular formula is C20H44O4Si2. The van der Waals surface area contributed by atoms with Crippen molar-refractivity contribution < 1.29 is 18.0 Å². The van der Waals surface area contributed by atoms with Gasteiger partial charge in [0.15, 0.2) is 0 Å². The fourth-order valence-electron chi connectivity index (χ4n) is 3.59. The number of rotatable bonds is 15. The third-order valence-electron chi connectivity index (χ3n) is 5.43. The standard InChI is InChI=1S/C20H40O4Si.H4Si/c1-4-7-13-21-25(22-14-8-5-2,23-15-9-6-3)16-12-18-10-11-19-20(17-18)24-19;/h18-20H,4-17H2,1-3H3;1H4. The van der Waals surface area contributed by atoms with E-state index in [1.807, 2.05) is 0 Å². The summed E-state index contributed by atoms with van der Waals surface area (Å²) in [6, 6.07) is 0.978. The number of epoxide rings is 1. The minimum Gasteiger partial charge on any atom is -0.373 e. The van der Waals surface area contributed by atoms with Gasteiger partial charge in [-0.1, -0.05) is 40.0 Å². The van der Waals surface area contributed by atoms with Gasteiger partial charge in [0.1, 0.15) is 0 Å². The normalized spacial score (nSPS) is 24.8. The molecule has 0 spiro atoms. The van der Waals surface area contributed by atoms with Crippen LogP contribution in [0.4, 0.5) is 0 Å². The largest absolute Gasteiger partial charge is 0.500 e. The lowest BCUT2D eigenvalue weighted by Crippen LogP contribution is -2.47. The van der Waals surface area contributed by atoms with E-state index in [0.717, 1.165) is 70.3 Å². The summed E-state index contributed by atoms with van der Waals surface area (Å²) in [6.45, 7) is 8.95. The van der Waals surface area contributed by atoms with E-state index in [-0.39, 0.29) is 11.0 Å². The van der Waals surface area contributed by atoms with Gasteiger partial charge in [-0.25, -0.2) is 0 Å². The lowest BCUT2D eigenvalue weighted by atomic mass is 9.88. The lowest BCUT2D eigenvalue weighted by Gasteiger charge is -2.31. The monoisotopic (exact) mass is 404 g/mol. The molecule has 1 saturated heterocycles. The molecule has 0 amide bonds. The van der Waals surface area contributed by atoms with Gasteiger partial charge in [-0.3, -0.25) is 0 Å². The summed E-state index contributed by atoms with van der Waals surface area (Å²) in [5.74, 6) is 0.759. The van der Waals surface area contributed by atoms with Crippen molar-refractivity contribution in [3.63, 3.8) is 0 Å². The van der Waals surface area contributed by atoms with E-state index < -0.39 is 8.80 Å². The number of hydrogen-bond acceptors (Lipinski definition) is 4. The predicted octanol–water partition coefficient (Wildman–Crippen LogP) is 3.88. The molecule has 1 heterocycles. The number of unbranched alkanes of at least 4 members (excludes halogenated alkanes) is 3. The van der Waals surface area contributed by atoms with Gasteiger partial charge in [0, 0.05) is 25.9 Å². The van der Waals surface area contributed by atoms with E-state index in [2.05, 4.69) is 20.8 Å². The molecule has 6 heteroatoms. The molecule has 26 heavy (non-hydrogen) atoms. The second-order valence-corrected chi connectivity index (χ2v) is 10.5. The van der Waals surface area contributed by atoms with E-state index in [4.69, 9.17) is 18.0 Å². The van der Waals surface area contributed by atoms with Gasteiger partial charge >= 0.3 is 8.80 Å². The minimum absolute atomic E-state index is 0. The molecule has 0 N–H and O–H groups in total. The third kappa shape index (κ3) is 8.52. The van der Waals surface area contributed by atoms with Crippen LogP contribution in [0.5, 0.6) is 0 Å². The van der Waals surface area contributed by atoms with Crippen LogP contribution in [0.2, 0.25) is 6.04 Å². The molecule has 156 valence electrons. The summed E-state index contributed by atoms with van der Waals surface area (Å²) >= 11 is 0. The molecule has 2 rings (SSSR count). The average Bonchev–Trinajstić information content (AvgIpc) is 3.39. The van der Waals surface area contributed by atoms with Gasteiger partial charge < -0.3 is 18.0 Å². The summed E-state index contributed by atoms with van der Waals surface area (Å²) in [4.78, 5) is 0. The van der Waals surface area contributed by atoms with E-state index >= 15 is 0 Å². The third-order valence-corrected chi connectivity index (χ3v) is 8.26. The molecule has 2 fully saturated rings. The van der Waals surface area contributed by atoms with Crippen LogP contribution in [0.15, 0.2) is 0 Å². The van der Waals surface area contributed by atoms with Gasteiger partial charge in [-0.05, 0) is 61.8 Å². The summed E-state index contributed by atoms with van der Waals surface area (Å²) in [5, 5.41) is 0. The highest BCUT2D eigenvalue weighted by Gasteiger charge is 2.46. The highest BCUT2D eigenvalue weighted by atomic mass is 28.4. The SMILES string of the molecule is CCCCO[Si](CCC1CCC2OC2C1)(OCCCC)OCCCC.[SiH4]. The van der Waals surface area contributed by atoms with Crippen LogP contribution < -0.4 is 0 Å². The highest BCUT2D eigenvalue weighted by molar-refractivity contribution is 6.60. The van der Waals surface area contributed by atoms with Gasteiger partial charge in [0.05, 0.1) is 12.2 Å². The van der Waals surface area contributed by atoms with Gasteiger partial charge in [-0.15, -0.1) is 0 Å². The van der Waals surface area contributed by atoms with Crippen molar-refractivity contribution in [1.29, 1.82) is 0 Å². The van der Waals surface area contributed by atoms with Crippen molar-refractivity contribution in [3.8, 4) is 0 Å². The van der Waals surface area contributed by atoms with E-state index in [1.54, 1.807) is 0 Å². The van der Waals surface area contributed by atoms with E-state index in [9.17, 15) is 0 Å². The molecule has 0 bridgehead atoms. The Kier molecular flexibility index (Phi) is 12.6. The van der Waals surface area contributed by atoms with Gasteiger partial charge in [-0.2, -0.15) is 0 Å². The second kappa shape index (κ2) is 13.5. The molecule has 2 aliphatic rings. The molecule has 0 aromatic heterocycles. The van der Waals surface area contributed by atoms with Gasteiger partial charge in [0.25, 0.3) is 0 Å². The molecule has 1 saturated carbocycles. The summed E-state index contributed by atoms with van der Waals surface area (Å²) < 4.78 is 24.8. The Bertz CT molecular complexity index is 330. The summed E-state index contributed by atoms with van der Waals surface area (Å²) in [5.41, 5.74) is 0. The van der Waals surface area contributed by atoms with Crippen molar-refractivity contribution in [2.75, 3.05) is 19.8 Å². The molecular weight excluding hydrogens is 360 g/mol. The maximum atomic E-state index is 6.35. The smallest absolute Gasteiger partial charge is 0.373 e. The first-order valence-corrected chi connectivity index (χ1v) is 12.7. The number of hydrogen-bond donors (Lipinski definition) is 0. The molecule has 0 aromatic carbocycles. The maximum absolute atomic E-state index is 6.35.